The number of allylic oxidation sites excluding steroid dienone is 1. The molecular weight excluding hydrogens is 246 g/mol. The first-order valence-electron chi connectivity index (χ1n) is 6.98. The number of hydrogen-bond acceptors (Lipinski definition) is 4. The van der Waals surface area contributed by atoms with Gasteiger partial charge in [0.25, 0.3) is 0 Å². The van der Waals surface area contributed by atoms with Gasteiger partial charge in [-0.1, -0.05) is 26.7 Å². The van der Waals surface area contributed by atoms with Crippen LogP contribution in [0.1, 0.15) is 39.5 Å². The van der Waals surface area contributed by atoms with Crippen molar-refractivity contribution in [3.63, 3.8) is 0 Å². The van der Waals surface area contributed by atoms with E-state index >= 15 is 0 Å². The standard InChI is InChI=1S/C14H25NO2S/c1-3-5-6-7-13(16)12-14(18-4-2)15-8-10-17-11-9-15/h12H,3-11H2,1-2H3. The SMILES string of the molecule is CCCCCC(=O)C=C(SCC)N1CCOCC1. The molecule has 3 nitrogen and oxygen atoms in total. The molecule has 1 fully saturated rings. The summed E-state index contributed by atoms with van der Waals surface area (Å²) in [6.07, 6.45) is 5.85. The molecule has 0 radical (unpaired) electrons. The fourth-order valence-corrected chi connectivity index (χ4v) is 2.79. The summed E-state index contributed by atoms with van der Waals surface area (Å²) in [6.45, 7) is 7.63. The van der Waals surface area contributed by atoms with Crippen LogP contribution in [0.5, 0.6) is 0 Å². The van der Waals surface area contributed by atoms with E-state index in [0.29, 0.717) is 6.42 Å². The molecular formula is C14H25NO2S. The highest BCUT2D eigenvalue weighted by molar-refractivity contribution is 8.02. The maximum absolute atomic E-state index is 11.9. The summed E-state index contributed by atoms with van der Waals surface area (Å²) in [4.78, 5) is 14.2. The van der Waals surface area contributed by atoms with E-state index in [1.807, 2.05) is 6.08 Å². The second-order valence-electron chi connectivity index (χ2n) is 4.44. The van der Waals surface area contributed by atoms with E-state index in [1.165, 1.54) is 0 Å². The van der Waals surface area contributed by atoms with Crippen LogP contribution in [0.25, 0.3) is 0 Å². The summed E-state index contributed by atoms with van der Waals surface area (Å²) in [5.74, 6) is 1.27. The molecule has 0 N–H and O–H groups in total. The predicted molar refractivity (Wildman–Crippen MR) is 77.8 cm³/mol. The quantitative estimate of drug-likeness (QED) is 0.501. The Morgan fingerprint density at radius 1 is 1.28 bits per heavy atom. The highest BCUT2D eigenvalue weighted by atomic mass is 32.2. The Kier molecular flexibility index (Phi) is 8.18. The highest BCUT2D eigenvalue weighted by Crippen LogP contribution is 2.21. The molecule has 4 heteroatoms. The van der Waals surface area contributed by atoms with Crippen LogP contribution < -0.4 is 0 Å². The zero-order valence-electron chi connectivity index (χ0n) is 11.6. The number of ether oxygens (including phenoxy) is 1. The van der Waals surface area contributed by atoms with Gasteiger partial charge in [0.2, 0.25) is 0 Å². The van der Waals surface area contributed by atoms with E-state index in [1.54, 1.807) is 11.8 Å². The van der Waals surface area contributed by atoms with Gasteiger partial charge < -0.3 is 9.64 Å². The van der Waals surface area contributed by atoms with Gasteiger partial charge in [0.15, 0.2) is 5.78 Å². The molecule has 104 valence electrons. The average molecular weight is 271 g/mol. The van der Waals surface area contributed by atoms with Crippen LogP contribution >= 0.6 is 11.8 Å². The minimum atomic E-state index is 0.269. The van der Waals surface area contributed by atoms with Gasteiger partial charge in [0.05, 0.1) is 18.2 Å². The summed E-state index contributed by atoms with van der Waals surface area (Å²) in [6, 6.07) is 0. The molecule has 1 saturated heterocycles. The van der Waals surface area contributed by atoms with Crippen LogP contribution in [0.2, 0.25) is 0 Å². The summed E-state index contributed by atoms with van der Waals surface area (Å²) in [5, 5.41) is 1.13. The Balaban J connectivity index is 2.50. The Morgan fingerprint density at radius 3 is 2.61 bits per heavy atom. The van der Waals surface area contributed by atoms with E-state index in [9.17, 15) is 4.79 Å². The molecule has 0 spiro atoms. The molecule has 0 aromatic rings. The molecule has 0 amide bonds. The van der Waals surface area contributed by atoms with Gasteiger partial charge in [-0.3, -0.25) is 4.79 Å². The van der Waals surface area contributed by atoms with E-state index in [4.69, 9.17) is 4.74 Å². The van der Waals surface area contributed by atoms with E-state index in [0.717, 1.165) is 56.3 Å². The van der Waals surface area contributed by atoms with E-state index < -0.39 is 0 Å². The summed E-state index contributed by atoms with van der Waals surface area (Å²) in [5.41, 5.74) is 0. The molecule has 0 saturated carbocycles. The van der Waals surface area contributed by atoms with Crippen LogP contribution in [0, 0.1) is 0 Å². The Bertz CT molecular complexity index is 273. The van der Waals surface area contributed by atoms with E-state index in [-0.39, 0.29) is 5.78 Å². The molecule has 18 heavy (non-hydrogen) atoms. The molecule has 0 bridgehead atoms. The fraction of sp³-hybridized carbons (Fsp3) is 0.786. The topological polar surface area (TPSA) is 29.5 Å². The lowest BCUT2D eigenvalue weighted by Gasteiger charge is -2.30. The zero-order chi connectivity index (χ0) is 13.2. The smallest absolute Gasteiger partial charge is 0.158 e. The minimum absolute atomic E-state index is 0.269. The van der Waals surface area contributed by atoms with Crippen molar-refractivity contribution in [3.05, 3.63) is 11.1 Å². The molecule has 1 aliphatic rings. The maximum atomic E-state index is 11.9. The number of carbonyl (C=O) groups excluding carboxylic acids is 1. The summed E-state index contributed by atoms with van der Waals surface area (Å²) >= 11 is 1.76. The maximum Gasteiger partial charge on any atom is 0.158 e. The predicted octanol–water partition coefficient (Wildman–Crippen LogP) is 3.06. The third kappa shape index (κ3) is 5.91. The van der Waals surface area contributed by atoms with Crippen LogP contribution in [0.3, 0.4) is 0 Å². The number of morpholine rings is 1. The van der Waals surface area contributed by atoms with Gasteiger partial charge in [-0.15, -0.1) is 11.8 Å². The molecule has 0 aromatic carbocycles. The summed E-state index contributed by atoms with van der Waals surface area (Å²) in [7, 11) is 0. The molecule has 0 aliphatic carbocycles. The summed E-state index contributed by atoms with van der Waals surface area (Å²) < 4.78 is 5.35. The van der Waals surface area contributed by atoms with Gasteiger partial charge in [-0.05, 0) is 12.2 Å². The number of nitrogens with zero attached hydrogens (tertiary/aromatic N) is 1. The van der Waals surface area contributed by atoms with E-state index in [2.05, 4.69) is 18.7 Å². The van der Waals surface area contributed by atoms with Crippen molar-refractivity contribution >= 4 is 17.5 Å². The van der Waals surface area contributed by atoms with Gasteiger partial charge in [-0.2, -0.15) is 0 Å². The first-order valence-corrected chi connectivity index (χ1v) is 7.96. The van der Waals surface area contributed by atoms with Crippen LogP contribution in [0.15, 0.2) is 11.1 Å². The fourth-order valence-electron chi connectivity index (χ4n) is 1.91. The minimum Gasteiger partial charge on any atom is -0.378 e. The Hall–Kier alpha value is -0.480. The van der Waals surface area contributed by atoms with Crippen molar-refractivity contribution in [1.29, 1.82) is 0 Å². The van der Waals surface area contributed by atoms with Crippen molar-refractivity contribution in [1.82, 2.24) is 4.90 Å². The first kappa shape index (κ1) is 15.6. The highest BCUT2D eigenvalue weighted by Gasteiger charge is 2.14. The van der Waals surface area contributed by atoms with Crippen LogP contribution in [-0.2, 0) is 9.53 Å². The van der Waals surface area contributed by atoms with Crippen molar-refractivity contribution in [2.75, 3.05) is 32.1 Å². The average Bonchev–Trinajstić information content (AvgIpc) is 2.39. The molecule has 1 rings (SSSR count). The number of carbonyl (C=O) groups is 1. The monoisotopic (exact) mass is 271 g/mol. The lowest BCUT2D eigenvalue weighted by Crippen LogP contribution is -2.35. The number of hydrogen-bond donors (Lipinski definition) is 0. The molecule has 1 aliphatic heterocycles. The third-order valence-corrected chi connectivity index (χ3v) is 3.89. The lowest BCUT2D eigenvalue weighted by atomic mass is 10.1. The van der Waals surface area contributed by atoms with Gasteiger partial charge in [0, 0.05) is 25.6 Å². The molecule has 1 heterocycles. The van der Waals surface area contributed by atoms with Gasteiger partial charge in [-0.25, -0.2) is 0 Å². The van der Waals surface area contributed by atoms with Crippen molar-refractivity contribution in [2.24, 2.45) is 0 Å². The Labute approximate surface area is 115 Å². The zero-order valence-corrected chi connectivity index (χ0v) is 12.4. The van der Waals surface area contributed by atoms with Gasteiger partial charge >= 0.3 is 0 Å². The number of rotatable bonds is 8. The lowest BCUT2D eigenvalue weighted by molar-refractivity contribution is -0.114. The van der Waals surface area contributed by atoms with Crippen LogP contribution in [0.4, 0.5) is 0 Å². The third-order valence-electron chi connectivity index (χ3n) is 2.93. The van der Waals surface area contributed by atoms with Crippen molar-refractivity contribution < 1.29 is 9.53 Å². The molecule has 0 aromatic heterocycles. The largest absolute Gasteiger partial charge is 0.378 e. The van der Waals surface area contributed by atoms with Crippen LogP contribution in [-0.4, -0.2) is 42.7 Å². The normalized spacial score (nSPS) is 17.0. The van der Waals surface area contributed by atoms with Crippen molar-refractivity contribution in [2.45, 2.75) is 39.5 Å². The molecule has 0 unspecified atom stereocenters. The number of ketones is 1. The number of thioether (sulfide) groups is 1. The van der Waals surface area contributed by atoms with Gasteiger partial charge in [0.1, 0.15) is 0 Å². The van der Waals surface area contributed by atoms with Crippen molar-refractivity contribution in [3.8, 4) is 0 Å². The second kappa shape index (κ2) is 9.45. The second-order valence-corrected chi connectivity index (χ2v) is 5.72. The number of unbranched alkanes of at least 4 members (excludes halogenated alkanes) is 2. The molecule has 0 atom stereocenters. The Morgan fingerprint density at radius 2 is 2.00 bits per heavy atom. The first-order chi connectivity index (χ1) is 8.77.